The van der Waals surface area contributed by atoms with Crippen LogP contribution in [0.3, 0.4) is 0 Å². The van der Waals surface area contributed by atoms with Crippen LogP contribution in [0.2, 0.25) is 0 Å². The van der Waals surface area contributed by atoms with Crippen molar-refractivity contribution >= 4 is 5.95 Å². The number of anilines is 1. The third kappa shape index (κ3) is 2.31. The van der Waals surface area contributed by atoms with E-state index in [4.69, 9.17) is 5.73 Å². The number of nitrogens with two attached hydrogens (primary N) is 1. The number of aromatic nitrogens is 2. The Balaban J connectivity index is 2.11. The lowest BCUT2D eigenvalue weighted by molar-refractivity contribution is 0.273. The Bertz CT molecular complexity index is 337. The molecule has 16 heavy (non-hydrogen) atoms. The van der Waals surface area contributed by atoms with Crippen molar-refractivity contribution in [2.24, 2.45) is 5.73 Å². The Labute approximate surface area is 96.3 Å². The normalized spacial score (nSPS) is 22.4. The molecule has 5 nitrogen and oxygen atoms in total. The van der Waals surface area contributed by atoms with Crippen molar-refractivity contribution < 1.29 is 0 Å². The van der Waals surface area contributed by atoms with Gasteiger partial charge in [-0.3, -0.25) is 0 Å². The van der Waals surface area contributed by atoms with Crippen LogP contribution in [-0.4, -0.2) is 47.6 Å². The van der Waals surface area contributed by atoms with Gasteiger partial charge in [-0.15, -0.1) is 0 Å². The van der Waals surface area contributed by atoms with E-state index in [1.165, 1.54) is 0 Å². The summed E-state index contributed by atoms with van der Waals surface area (Å²) in [5.74, 6) is 0.817. The van der Waals surface area contributed by atoms with Gasteiger partial charge in [-0.05, 0) is 14.0 Å². The Morgan fingerprint density at radius 2 is 2.06 bits per heavy atom. The number of nitrogens with zero attached hydrogens (tertiary/aromatic N) is 4. The van der Waals surface area contributed by atoms with Crippen molar-refractivity contribution in [3.63, 3.8) is 0 Å². The maximum absolute atomic E-state index is 5.52. The Kier molecular flexibility index (Phi) is 3.36. The second kappa shape index (κ2) is 4.76. The fourth-order valence-electron chi connectivity index (χ4n) is 2.04. The lowest BCUT2D eigenvalue weighted by Gasteiger charge is -2.38. The quantitative estimate of drug-likeness (QED) is 0.766. The van der Waals surface area contributed by atoms with E-state index in [2.05, 4.69) is 33.7 Å². The molecular weight excluding hydrogens is 202 g/mol. The van der Waals surface area contributed by atoms with E-state index in [9.17, 15) is 0 Å². The molecule has 88 valence electrons. The van der Waals surface area contributed by atoms with Gasteiger partial charge in [-0.2, -0.15) is 0 Å². The van der Waals surface area contributed by atoms with Crippen molar-refractivity contribution in [3.05, 3.63) is 18.0 Å². The van der Waals surface area contributed by atoms with Gasteiger partial charge in [-0.1, -0.05) is 0 Å². The summed E-state index contributed by atoms with van der Waals surface area (Å²) in [6.45, 7) is 5.81. The predicted octanol–water partition coefficient (Wildman–Crippen LogP) is 0.0756. The first kappa shape index (κ1) is 11.3. The van der Waals surface area contributed by atoms with Gasteiger partial charge in [0, 0.05) is 50.2 Å². The molecule has 2 heterocycles. The highest BCUT2D eigenvalue weighted by molar-refractivity contribution is 5.32. The monoisotopic (exact) mass is 221 g/mol. The average molecular weight is 221 g/mol. The van der Waals surface area contributed by atoms with Gasteiger partial charge in [0.05, 0.1) is 0 Å². The molecule has 1 saturated heterocycles. The van der Waals surface area contributed by atoms with E-state index < -0.39 is 0 Å². The minimum Gasteiger partial charge on any atom is -0.336 e. The van der Waals surface area contributed by atoms with Crippen molar-refractivity contribution in [2.75, 3.05) is 31.6 Å². The van der Waals surface area contributed by atoms with Crippen molar-refractivity contribution in [1.82, 2.24) is 14.9 Å². The summed E-state index contributed by atoms with van der Waals surface area (Å²) in [5.41, 5.74) is 6.50. The Morgan fingerprint density at radius 1 is 1.38 bits per heavy atom. The molecule has 0 spiro atoms. The van der Waals surface area contributed by atoms with Crippen molar-refractivity contribution in [1.29, 1.82) is 0 Å². The van der Waals surface area contributed by atoms with Crippen LogP contribution in [-0.2, 0) is 6.54 Å². The molecule has 2 rings (SSSR count). The molecule has 0 amide bonds. The summed E-state index contributed by atoms with van der Waals surface area (Å²) in [4.78, 5) is 13.3. The van der Waals surface area contributed by atoms with Crippen LogP contribution >= 0.6 is 0 Å². The van der Waals surface area contributed by atoms with E-state index in [0.29, 0.717) is 12.6 Å². The molecule has 0 bridgehead atoms. The second-order valence-corrected chi connectivity index (χ2v) is 4.40. The molecular formula is C11H19N5. The molecule has 0 aliphatic carbocycles. The molecule has 0 saturated carbocycles. The summed E-state index contributed by atoms with van der Waals surface area (Å²) in [7, 11) is 2.15. The van der Waals surface area contributed by atoms with Gasteiger partial charge < -0.3 is 15.5 Å². The zero-order valence-corrected chi connectivity index (χ0v) is 9.93. The molecule has 1 aromatic rings. The number of rotatable bonds is 2. The average Bonchev–Trinajstić information content (AvgIpc) is 2.29. The fourth-order valence-corrected chi connectivity index (χ4v) is 2.04. The highest BCUT2D eigenvalue weighted by Crippen LogP contribution is 2.14. The van der Waals surface area contributed by atoms with Crippen LogP contribution in [0.5, 0.6) is 0 Å². The molecule has 0 radical (unpaired) electrons. The lowest BCUT2D eigenvalue weighted by Crippen LogP contribution is -2.51. The third-order valence-corrected chi connectivity index (χ3v) is 3.01. The van der Waals surface area contributed by atoms with Crippen LogP contribution in [0, 0.1) is 0 Å². The van der Waals surface area contributed by atoms with Crippen LogP contribution in [0.25, 0.3) is 0 Å². The standard InChI is InChI=1S/C11H19N5/c1-9-8-15(2)3-4-16(9)11-13-6-10(5-12)7-14-11/h6-7,9H,3-5,8,12H2,1-2H3. The number of hydrogen-bond donors (Lipinski definition) is 1. The fraction of sp³-hybridized carbons (Fsp3) is 0.636. The van der Waals surface area contributed by atoms with Crippen LogP contribution in [0.4, 0.5) is 5.95 Å². The molecule has 1 aliphatic heterocycles. The molecule has 1 fully saturated rings. The maximum Gasteiger partial charge on any atom is 0.225 e. The molecule has 0 aromatic carbocycles. The van der Waals surface area contributed by atoms with Gasteiger partial charge in [0.2, 0.25) is 5.95 Å². The van der Waals surface area contributed by atoms with E-state index in [1.54, 1.807) is 0 Å². The van der Waals surface area contributed by atoms with E-state index in [1.807, 2.05) is 12.4 Å². The number of hydrogen-bond acceptors (Lipinski definition) is 5. The van der Waals surface area contributed by atoms with Gasteiger partial charge in [0.1, 0.15) is 0 Å². The van der Waals surface area contributed by atoms with Crippen LogP contribution < -0.4 is 10.6 Å². The molecule has 2 N–H and O–H groups in total. The Morgan fingerprint density at radius 3 is 2.62 bits per heavy atom. The van der Waals surface area contributed by atoms with Gasteiger partial charge in [0.25, 0.3) is 0 Å². The summed E-state index contributed by atoms with van der Waals surface area (Å²) in [6, 6.07) is 0.461. The summed E-state index contributed by atoms with van der Waals surface area (Å²) < 4.78 is 0. The predicted molar refractivity (Wildman–Crippen MR) is 64.2 cm³/mol. The largest absolute Gasteiger partial charge is 0.336 e. The van der Waals surface area contributed by atoms with E-state index in [-0.39, 0.29) is 0 Å². The van der Waals surface area contributed by atoms with Gasteiger partial charge in [-0.25, -0.2) is 9.97 Å². The van der Waals surface area contributed by atoms with Crippen LogP contribution in [0.15, 0.2) is 12.4 Å². The zero-order valence-electron chi connectivity index (χ0n) is 9.93. The smallest absolute Gasteiger partial charge is 0.225 e. The molecule has 1 aromatic heterocycles. The first-order valence-electron chi connectivity index (χ1n) is 5.67. The minimum atomic E-state index is 0.461. The molecule has 5 heteroatoms. The van der Waals surface area contributed by atoms with Crippen LogP contribution in [0.1, 0.15) is 12.5 Å². The SMILES string of the molecule is CC1CN(C)CCN1c1ncc(CN)cn1. The highest BCUT2D eigenvalue weighted by atomic mass is 15.3. The molecule has 1 aliphatic rings. The molecule has 1 unspecified atom stereocenters. The number of likely N-dealkylation sites (N-methyl/N-ethyl adjacent to an activating group) is 1. The first-order valence-corrected chi connectivity index (χ1v) is 5.67. The third-order valence-electron chi connectivity index (χ3n) is 3.01. The van der Waals surface area contributed by atoms with Crippen molar-refractivity contribution in [2.45, 2.75) is 19.5 Å². The van der Waals surface area contributed by atoms with Crippen molar-refractivity contribution in [3.8, 4) is 0 Å². The second-order valence-electron chi connectivity index (χ2n) is 4.40. The van der Waals surface area contributed by atoms with Gasteiger partial charge in [0.15, 0.2) is 0 Å². The Hall–Kier alpha value is -1.20. The topological polar surface area (TPSA) is 58.3 Å². The summed E-state index contributed by atoms with van der Waals surface area (Å²) in [6.07, 6.45) is 3.63. The van der Waals surface area contributed by atoms with E-state index in [0.717, 1.165) is 31.1 Å². The van der Waals surface area contributed by atoms with E-state index >= 15 is 0 Å². The zero-order chi connectivity index (χ0) is 11.5. The van der Waals surface area contributed by atoms with Gasteiger partial charge >= 0.3 is 0 Å². The lowest BCUT2D eigenvalue weighted by atomic mass is 10.2. The highest BCUT2D eigenvalue weighted by Gasteiger charge is 2.23. The summed E-state index contributed by atoms with van der Waals surface area (Å²) >= 11 is 0. The first-order chi connectivity index (χ1) is 7.70. The molecule has 1 atom stereocenters. The maximum atomic E-state index is 5.52. The minimum absolute atomic E-state index is 0.461. The summed E-state index contributed by atoms with van der Waals surface area (Å²) in [5, 5.41) is 0. The number of piperazine rings is 1.